The zero-order valence-corrected chi connectivity index (χ0v) is 14.7. The lowest BCUT2D eigenvalue weighted by Gasteiger charge is -2.32. The van der Waals surface area contributed by atoms with E-state index in [1.165, 1.54) is 6.42 Å². The van der Waals surface area contributed by atoms with Gasteiger partial charge in [0.25, 0.3) is 5.91 Å². The van der Waals surface area contributed by atoms with Crippen molar-refractivity contribution in [3.8, 4) is 0 Å². The first-order valence-corrected chi connectivity index (χ1v) is 8.91. The maximum Gasteiger partial charge on any atom is 0.505 e. The van der Waals surface area contributed by atoms with Crippen LogP contribution < -0.4 is 4.78 Å². The van der Waals surface area contributed by atoms with Crippen LogP contribution >= 0.6 is 11.3 Å². The summed E-state index contributed by atoms with van der Waals surface area (Å²) >= 11 is 1.54. The lowest BCUT2D eigenvalue weighted by atomic mass is 9.87. The van der Waals surface area contributed by atoms with Crippen molar-refractivity contribution in [1.29, 1.82) is 0 Å². The van der Waals surface area contributed by atoms with Gasteiger partial charge in [-0.2, -0.15) is 11.3 Å². The first-order valence-electron chi connectivity index (χ1n) is 8.03. The molecule has 1 aromatic rings. The predicted molar refractivity (Wildman–Crippen MR) is 89.8 cm³/mol. The Bertz CT molecular complexity index is 547. The average Bonchev–Trinajstić information content (AvgIpc) is 3.03. The summed E-state index contributed by atoms with van der Waals surface area (Å²) in [7, 11) is -0.377. The Morgan fingerprint density at radius 3 is 2.32 bits per heavy atom. The van der Waals surface area contributed by atoms with Crippen molar-refractivity contribution in [1.82, 2.24) is 4.90 Å². The van der Waals surface area contributed by atoms with Crippen molar-refractivity contribution in [2.75, 3.05) is 13.1 Å². The maximum atomic E-state index is 12.5. The van der Waals surface area contributed by atoms with Gasteiger partial charge in [0.1, 0.15) is 0 Å². The molecule has 22 heavy (non-hydrogen) atoms. The second-order valence-electron chi connectivity index (χ2n) is 7.18. The van der Waals surface area contributed by atoms with Crippen molar-refractivity contribution >= 4 is 29.1 Å². The molecule has 4 nitrogen and oxygen atoms in total. The topological polar surface area (TPSA) is 38.8 Å². The van der Waals surface area contributed by atoms with E-state index in [2.05, 4.69) is 0 Å². The molecule has 0 N–H and O–H groups in total. The summed E-state index contributed by atoms with van der Waals surface area (Å²) in [6.07, 6.45) is 3.45. The Kier molecular flexibility index (Phi) is 4.12. The summed E-state index contributed by atoms with van der Waals surface area (Å²) in [5.74, 6) is 0.138. The molecule has 6 heteroatoms. The molecule has 2 aliphatic heterocycles. The normalized spacial score (nSPS) is 23.8. The minimum absolute atomic E-state index is 0.138. The summed E-state index contributed by atoms with van der Waals surface area (Å²) < 4.78 is 13.1. The van der Waals surface area contributed by atoms with Crippen LogP contribution in [0.4, 0.5) is 0 Å². The SMILES string of the molecule is CC1(C)OB(c2cc(C(=O)N3CCCCC3)cs2)OC1(C)C. The number of carbonyl (C=O) groups is 1. The first-order chi connectivity index (χ1) is 10.3. The highest BCUT2D eigenvalue weighted by Crippen LogP contribution is 2.36. The number of amides is 1. The largest absolute Gasteiger partial charge is 0.505 e. The molecule has 0 aliphatic carbocycles. The maximum absolute atomic E-state index is 12.5. The molecule has 0 bridgehead atoms. The standard InChI is InChI=1S/C16H24BNO3S/c1-15(2)16(3,4)21-17(20-15)13-10-12(11-22-13)14(19)18-8-6-5-7-9-18/h10-11H,5-9H2,1-4H3. The van der Waals surface area contributed by atoms with E-state index in [4.69, 9.17) is 9.31 Å². The fourth-order valence-electron chi connectivity index (χ4n) is 2.83. The summed E-state index contributed by atoms with van der Waals surface area (Å²) in [5, 5.41) is 1.93. The number of rotatable bonds is 2. The molecular formula is C16H24BNO3S. The monoisotopic (exact) mass is 321 g/mol. The van der Waals surface area contributed by atoms with Crippen LogP contribution in [0.3, 0.4) is 0 Å². The van der Waals surface area contributed by atoms with Gasteiger partial charge >= 0.3 is 7.12 Å². The van der Waals surface area contributed by atoms with Gasteiger partial charge in [-0.25, -0.2) is 0 Å². The van der Waals surface area contributed by atoms with Crippen LogP contribution in [0.1, 0.15) is 57.3 Å². The van der Waals surface area contributed by atoms with Gasteiger partial charge in [-0.3, -0.25) is 4.79 Å². The van der Waals surface area contributed by atoms with Gasteiger partial charge in [0.2, 0.25) is 0 Å². The van der Waals surface area contributed by atoms with E-state index in [0.717, 1.165) is 36.3 Å². The zero-order valence-electron chi connectivity index (χ0n) is 13.8. The number of thiophene rings is 1. The van der Waals surface area contributed by atoms with Crippen molar-refractivity contribution in [2.24, 2.45) is 0 Å². The van der Waals surface area contributed by atoms with Crippen LogP contribution in [-0.2, 0) is 9.31 Å². The van der Waals surface area contributed by atoms with Gasteiger partial charge in [0.05, 0.1) is 11.2 Å². The van der Waals surface area contributed by atoms with Crippen molar-refractivity contribution in [3.05, 3.63) is 17.0 Å². The van der Waals surface area contributed by atoms with E-state index < -0.39 is 0 Å². The van der Waals surface area contributed by atoms with Gasteiger partial charge in [0, 0.05) is 28.8 Å². The zero-order chi connectivity index (χ0) is 16.0. The molecule has 3 heterocycles. The molecule has 1 aromatic heterocycles. The molecule has 0 aromatic carbocycles. The van der Waals surface area contributed by atoms with Crippen LogP contribution in [0.2, 0.25) is 0 Å². The van der Waals surface area contributed by atoms with Crippen LogP contribution in [0, 0.1) is 0 Å². The molecule has 0 saturated carbocycles. The molecule has 2 aliphatic rings. The Morgan fingerprint density at radius 1 is 1.14 bits per heavy atom. The summed E-state index contributed by atoms with van der Waals surface area (Å²) in [6, 6.07) is 1.93. The van der Waals surface area contributed by atoms with Gasteiger partial charge in [0.15, 0.2) is 0 Å². The average molecular weight is 321 g/mol. The Morgan fingerprint density at radius 2 is 1.73 bits per heavy atom. The number of hydrogen-bond acceptors (Lipinski definition) is 4. The van der Waals surface area contributed by atoms with Crippen molar-refractivity contribution in [2.45, 2.75) is 58.2 Å². The number of piperidine rings is 1. The van der Waals surface area contributed by atoms with Crippen LogP contribution in [-0.4, -0.2) is 42.2 Å². The Labute approximate surface area is 136 Å². The van der Waals surface area contributed by atoms with E-state index in [1.54, 1.807) is 11.3 Å². The predicted octanol–water partition coefficient (Wildman–Crippen LogP) is 2.67. The minimum atomic E-state index is -0.377. The summed E-state index contributed by atoms with van der Waals surface area (Å²) in [6.45, 7) is 9.92. The molecular weight excluding hydrogens is 297 g/mol. The molecule has 120 valence electrons. The molecule has 2 saturated heterocycles. The summed E-state index contributed by atoms with van der Waals surface area (Å²) in [5.41, 5.74) is 0.0637. The molecule has 3 rings (SSSR count). The molecule has 2 fully saturated rings. The van der Waals surface area contributed by atoms with E-state index in [0.29, 0.717) is 0 Å². The van der Waals surface area contributed by atoms with Gasteiger partial charge in [-0.15, -0.1) is 0 Å². The quantitative estimate of drug-likeness (QED) is 0.786. The minimum Gasteiger partial charge on any atom is -0.399 e. The van der Waals surface area contributed by atoms with E-state index in [1.807, 2.05) is 44.0 Å². The lowest BCUT2D eigenvalue weighted by Crippen LogP contribution is -2.41. The molecule has 1 amide bonds. The third-order valence-electron chi connectivity index (χ3n) is 5.00. The van der Waals surface area contributed by atoms with Crippen LogP contribution in [0.15, 0.2) is 11.4 Å². The van der Waals surface area contributed by atoms with E-state index >= 15 is 0 Å². The number of nitrogens with zero attached hydrogens (tertiary/aromatic N) is 1. The van der Waals surface area contributed by atoms with Crippen molar-refractivity contribution < 1.29 is 14.1 Å². The Balaban J connectivity index is 1.73. The lowest BCUT2D eigenvalue weighted by molar-refractivity contribution is 0.00578. The van der Waals surface area contributed by atoms with Gasteiger partial charge < -0.3 is 14.2 Å². The van der Waals surface area contributed by atoms with Crippen LogP contribution in [0.5, 0.6) is 0 Å². The third-order valence-corrected chi connectivity index (χ3v) is 5.95. The van der Waals surface area contributed by atoms with E-state index in [-0.39, 0.29) is 24.2 Å². The molecule has 0 spiro atoms. The van der Waals surface area contributed by atoms with Gasteiger partial charge in [-0.1, -0.05) is 0 Å². The second-order valence-corrected chi connectivity index (χ2v) is 8.12. The fourth-order valence-corrected chi connectivity index (χ4v) is 3.66. The van der Waals surface area contributed by atoms with Crippen molar-refractivity contribution in [3.63, 3.8) is 0 Å². The Hall–Kier alpha value is -0.845. The second kappa shape index (κ2) is 5.66. The third kappa shape index (κ3) is 2.84. The molecule has 0 radical (unpaired) electrons. The highest BCUT2D eigenvalue weighted by molar-refractivity contribution is 7.21. The highest BCUT2D eigenvalue weighted by atomic mass is 32.1. The summed E-state index contributed by atoms with van der Waals surface area (Å²) in [4.78, 5) is 14.5. The van der Waals surface area contributed by atoms with E-state index in [9.17, 15) is 4.79 Å². The first kappa shape index (κ1) is 16.0. The number of hydrogen-bond donors (Lipinski definition) is 0. The highest BCUT2D eigenvalue weighted by Gasteiger charge is 2.52. The van der Waals surface area contributed by atoms with Gasteiger partial charge in [-0.05, 0) is 53.0 Å². The fraction of sp³-hybridized carbons (Fsp3) is 0.688. The molecule has 0 atom stereocenters. The smallest absolute Gasteiger partial charge is 0.399 e. The number of likely N-dealkylation sites (tertiary alicyclic amines) is 1. The molecule has 0 unspecified atom stereocenters. The van der Waals surface area contributed by atoms with Crippen LogP contribution in [0.25, 0.3) is 0 Å². The number of carbonyl (C=O) groups excluding carboxylic acids is 1.